The van der Waals surface area contributed by atoms with Gasteiger partial charge in [0.25, 0.3) is 0 Å². The smallest absolute Gasteiger partial charge is 0.373 e. The van der Waals surface area contributed by atoms with Crippen LogP contribution >= 0.6 is 0 Å². The van der Waals surface area contributed by atoms with Gasteiger partial charge in [-0.3, -0.25) is 9.59 Å². The van der Waals surface area contributed by atoms with Crippen LogP contribution in [0.15, 0.2) is 35.5 Å². The van der Waals surface area contributed by atoms with Crippen molar-refractivity contribution in [1.29, 1.82) is 0 Å². The first-order valence-corrected chi connectivity index (χ1v) is 5.22. The molecule has 0 bridgehead atoms. The number of hydrogen-bond donors (Lipinski definition) is 3. The zero-order chi connectivity index (χ0) is 15.0. The Kier molecular flexibility index (Phi) is 6.66. The summed E-state index contributed by atoms with van der Waals surface area (Å²) in [5.74, 6) is -5.20. The molecule has 104 valence electrons. The zero-order valence-corrected chi connectivity index (χ0v) is 10.4. The second-order valence-electron chi connectivity index (χ2n) is 3.32. The molecule has 0 unspecified atom stereocenters. The Hall–Kier alpha value is -2.57. The lowest BCUT2D eigenvalue weighted by Gasteiger charge is -1.99. The standard InChI is InChI=1S/C12H14O7/c1-3-19-12(18)11(17)6-8(14)5-10(16)9(15)4-7(2)13/h4-6,15-17H,3H2,1-2H3/b9-4-,10-5?,11-6-. The molecule has 7 heteroatoms. The number of aliphatic hydroxyl groups is 3. The molecule has 19 heavy (non-hydrogen) atoms. The van der Waals surface area contributed by atoms with E-state index in [1.807, 2.05) is 0 Å². The van der Waals surface area contributed by atoms with Gasteiger partial charge in [-0.1, -0.05) is 0 Å². The molecule has 0 spiro atoms. The third-order valence-electron chi connectivity index (χ3n) is 1.64. The van der Waals surface area contributed by atoms with Crippen LogP contribution in [0.1, 0.15) is 13.8 Å². The van der Waals surface area contributed by atoms with Crippen molar-refractivity contribution >= 4 is 17.5 Å². The number of hydrogen-bond acceptors (Lipinski definition) is 7. The second kappa shape index (κ2) is 7.70. The molecule has 0 radical (unpaired) electrons. The summed E-state index contributed by atoms with van der Waals surface area (Å²) in [7, 11) is 0. The molecule has 0 atom stereocenters. The summed E-state index contributed by atoms with van der Waals surface area (Å²) in [6, 6.07) is 0. The third kappa shape index (κ3) is 6.67. The fraction of sp³-hybridized carbons (Fsp3) is 0.250. The minimum Gasteiger partial charge on any atom is -0.504 e. The van der Waals surface area contributed by atoms with Crippen molar-refractivity contribution in [3.05, 3.63) is 35.5 Å². The van der Waals surface area contributed by atoms with Gasteiger partial charge in [0.15, 0.2) is 23.1 Å². The van der Waals surface area contributed by atoms with E-state index in [2.05, 4.69) is 4.74 Å². The van der Waals surface area contributed by atoms with Crippen LogP contribution in [0, 0.1) is 0 Å². The Morgan fingerprint density at radius 2 is 1.42 bits per heavy atom. The van der Waals surface area contributed by atoms with Gasteiger partial charge in [-0.05, 0) is 13.8 Å². The lowest BCUT2D eigenvalue weighted by atomic mass is 10.2. The topological polar surface area (TPSA) is 121 Å². The highest BCUT2D eigenvalue weighted by Gasteiger charge is 2.11. The van der Waals surface area contributed by atoms with Crippen LogP contribution in [0.25, 0.3) is 0 Å². The van der Waals surface area contributed by atoms with E-state index in [9.17, 15) is 19.5 Å². The van der Waals surface area contributed by atoms with Crippen LogP contribution in [0.2, 0.25) is 0 Å². The maximum atomic E-state index is 11.3. The normalized spacial score (nSPS) is 13.1. The molecular formula is C12H14O7. The summed E-state index contributed by atoms with van der Waals surface area (Å²) in [4.78, 5) is 32.8. The molecule has 0 heterocycles. The summed E-state index contributed by atoms with van der Waals surface area (Å²) in [5.41, 5.74) is 0. The zero-order valence-electron chi connectivity index (χ0n) is 10.4. The van der Waals surface area contributed by atoms with Crippen molar-refractivity contribution < 1.29 is 34.4 Å². The summed E-state index contributed by atoms with van der Waals surface area (Å²) in [6.45, 7) is 2.68. The van der Waals surface area contributed by atoms with E-state index < -0.39 is 34.8 Å². The largest absolute Gasteiger partial charge is 0.504 e. The number of carbonyl (C=O) groups is 3. The predicted molar refractivity (Wildman–Crippen MR) is 64.5 cm³/mol. The molecule has 0 amide bonds. The van der Waals surface area contributed by atoms with Gasteiger partial charge in [-0.15, -0.1) is 0 Å². The SMILES string of the molecule is CCOC(=O)/C(O)=C/C(=O)C=C(O)/C(O)=C/C(C)=O. The van der Waals surface area contributed by atoms with Crippen molar-refractivity contribution in [2.75, 3.05) is 6.61 Å². The molecule has 0 rings (SSSR count). The second-order valence-corrected chi connectivity index (χ2v) is 3.32. The quantitative estimate of drug-likeness (QED) is 0.285. The Morgan fingerprint density at radius 1 is 0.947 bits per heavy atom. The van der Waals surface area contributed by atoms with Gasteiger partial charge in [-0.2, -0.15) is 0 Å². The van der Waals surface area contributed by atoms with Gasteiger partial charge in [-0.25, -0.2) is 4.79 Å². The highest BCUT2D eigenvalue weighted by molar-refractivity contribution is 6.04. The fourth-order valence-electron chi connectivity index (χ4n) is 0.916. The lowest BCUT2D eigenvalue weighted by molar-refractivity contribution is -0.141. The van der Waals surface area contributed by atoms with Gasteiger partial charge >= 0.3 is 5.97 Å². The van der Waals surface area contributed by atoms with Crippen molar-refractivity contribution in [1.82, 2.24) is 0 Å². The van der Waals surface area contributed by atoms with Crippen LogP contribution in [0.5, 0.6) is 0 Å². The molecule has 0 aromatic heterocycles. The van der Waals surface area contributed by atoms with E-state index >= 15 is 0 Å². The highest BCUT2D eigenvalue weighted by Crippen LogP contribution is 2.04. The van der Waals surface area contributed by atoms with Gasteiger partial charge in [0.1, 0.15) is 0 Å². The van der Waals surface area contributed by atoms with E-state index in [4.69, 9.17) is 10.2 Å². The molecule has 0 saturated heterocycles. The lowest BCUT2D eigenvalue weighted by Crippen LogP contribution is -2.08. The first kappa shape index (κ1) is 16.4. The van der Waals surface area contributed by atoms with E-state index in [1.54, 1.807) is 0 Å². The summed E-state index contributed by atoms with van der Waals surface area (Å²) < 4.78 is 4.41. The third-order valence-corrected chi connectivity index (χ3v) is 1.64. The maximum Gasteiger partial charge on any atom is 0.373 e. The van der Waals surface area contributed by atoms with Gasteiger partial charge in [0.05, 0.1) is 6.61 Å². The molecule has 0 aliphatic rings. The number of carbonyl (C=O) groups excluding carboxylic acids is 3. The molecule has 0 aromatic carbocycles. The Morgan fingerprint density at radius 3 is 1.89 bits per heavy atom. The number of allylic oxidation sites excluding steroid dienone is 3. The minimum atomic E-state index is -1.09. The summed E-state index contributed by atoms with van der Waals surface area (Å²) >= 11 is 0. The average molecular weight is 270 g/mol. The van der Waals surface area contributed by atoms with Crippen LogP contribution in [0.4, 0.5) is 0 Å². The Labute approximate surface area is 109 Å². The number of esters is 1. The molecule has 0 fully saturated rings. The van der Waals surface area contributed by atoms with Gasteiger partial charge in [0, 0.05) is 18.2 Å². The minimum absolute atomic E-state index is 0.0220. The first-order valence-electron chi connectivity index (χ1n) is 5.22. The van der Waals surface area contributed by atoms with Crippen LogP contribution < -0.4 is 0 Å². The molecule has 7 nitrogen and oxygen atoms in total. The Balaban J connectivity index is 4.91. The number of rotatable bonds is 6. The van der Waals surface area contributed by atoms with Crippen molar-refractivity contribution in [2.24, 2.45) is 0 Å². The summed E-state index contributed by atoms with van der Waals surface area (Å²) in [6.07, 6.45) is 1.74. The van der Waals surface area contributed by atoms with Crippen molar-refractivity contribution in [2.45, 2.75) is 13.8 Å². The van der Waals surface area contributed by atoms with E-state index in [1.165, 1.54) is 6.92 Å². The van der Waals surface area contributed by atoms with E-state index in [-0.39, 0.29) is 6.61 Å². The summed E-state index contributed by atoms with van der Waals surface area (Å²) in [5, 5.41) is 27.5. The number of aliphatic hydroxyl groups excluding tert-OH is 3. The van der Waals surface area contributed by atoms with Crippen LogP contribution in [0.3, 0.4) is 0 Å². The van der Waals surface area contributed by atoms with Crippen molar-refractivity contribution in [3.63, 3.8) is 0 Å². The predicted octanol–water partition coefficient (Wildman–Crippen LogP) is 1.03. The molecular weight excluding hydrogens is 256 g/mol. The number of ketones is 2. The van der Waals surface area contributed by atoms with Crippen LogP contribution in [-0.2, 0) is 19.1 Å². The van der Waals surface area contributed by atoms with Gasteiger partial charge < -0.3 is 20.1 Å². The monoisotopic (exact) mass is 270 g/mol. The Bertz CT molecular complexity index is 468. The van der Waals surface area contributed by atoms with E-state index in [0.29, 0.717) is 18.2 Å². The fourth-order valence-corrected chi connectivity index (χ4v) is 0.916. The molecule has 0 saturated carbocycles. The van der Waals surface area contributed by atoms with Crippen LogP contribution in [-0.4, -0.2) is 39.5 Å². The molecule has 0 aromatic rings. The number of ether oxygens (including phenoxy) is 1. The average Bonchev–Trinajstić information content (AvgIpc) is 2.27. The van der Waals surface area contributed by atoms with Crippen molar-refractivity contribution in [3.8, 4) is 0 Å². The first-order chi connectivity index (χ1) is 8.77. The molecule has 0 aliphatic heterocycles. The molecule has 3 N–H and O–H groups in total. The maximum absolute atomic E-state index is 11.3. The highest BCUT2D eigenvalue weighted by atomic mass is 16.5. The molecule has 0 aliphatic carbocycles. The van der Waals surface area contributed by atoms with E-state index in [0.717, 1.165) is 6.92 Å². The van der Waals surface area contributed by atoms with Gasteiger partial charge in [0.2, 0.25) is 5.76 Å².